The predicted molar refractivity (Wildman–Crippen MR) is 150 cm³/mol. The molecule has 0 saturated carbocycles. The Hall–Kier alpha value is -5.34. The number of rotatable bonds is 12. The predicted octanol–water partition coefficient (Wildman–Crippen LogP) is 1.79. The average molecular weight is 600 g/mol. The van der Waals surface area contributed by atoms with Crippen LogP contribution >= 0.6 is 0 Å². The van der Waals surface area contributed by atoms with Crippen LogP contribution in [0, 0.1) is 0 Å². The van der Waals surface area contributed by atoms with E-state index in [-0.39, 0.29) is 25.5 Å². The van der Waals surface area contributed by atoms with Gasteiger partial charge in [-0.05, 0) is 29.7 Å². The Morgan fingerprint density at radius 3 is 1.91 bits per heavy atom. The number of carbonyl (C=O) groups is 6. The van der Waals surface area contributed by atoms with Gasteiger partial charge in [-0.15, -0.1) is 0 Å². The Morgan fingerprint density at radius 2 is 1.33 bits per heavy atom. The fraction of sp³-hybridized carbons (Fsp3) is 0.357. The molecule has 0 spiro atoms. The number of ether oxygens (including phenoxy) is 1. The van der Waals surface area contributed by atoms with Crippen LogP contribution in [0.1, 0.15) is 24.0 Å². The number of carbonyl (C=O) groups excluding carboxylic acids is 3. The molecule has 1 aliphatic rings. The fourth-order valence-corrected chi connectivity index (χ4v) is 4.15. The Morgan fingerprint density at radius 1 is 0.744 bits per heavy atom. The highest BCUT2D eigenvalue weighted by Crippen LogP contribution is 2.14. The number of piperazine rings is 1. The van der Waals surface area contributed by atoms with Crippen molar-refractivity contribution < 1.29 is 48.8 Å². The molecule has 2 atom stereocenters. The first-order valence-corrected chi connectivity index (χ1v) is 13.4. The molecule has 0 radical (unpaired) electrons. The Kier molecular flexibility index (Phi) is 11.7. The van der Waals surface area contributed by atoms with E-state index in [9.17, 15) is 33.9 Å². The number of urea groups is 2. The van der Waals surface area contributed by atoms with Crippen molar-refractivity contribution in [3.63, 3.8) is 0 Å². The molecule has 1 fully saturated rings. The number of anilines is 1. The molecule has 0 aromatic heterocycles. The molecule has 1 heterocycles. The second-order valence-electron chi connectivity index (χ2n) is 9.68. The van der Waals surface area contributed by atoms with Gasteiger partial charge in [-0.2, -0.15) is 0 Å². The normalized spacial score (nSPS) is 14.1. The average Bonchev–Trinajstić information content (AvgIpc) is 2.98. The van der Waals surface area contributed by atoms with Crippen molar-refractivity contribution in [2.45, 2.75) is 38.0 Å². The topological polar surface area (TPSA) is 215 Å². The SMILES string of the molecule is O=C(O)CCC(NC(=O)NC(Cc1ccc(NC(=O)N2CCN(C(=O)OCc3ccccc3)CC2)cc1)C(=O)O)C(=O)O. The van der Waals surface area contributed by atoms with Crippen LogP contribution in [-0.2, 0) is 32.1 Å². The molecule has 6 N–H and O–H groups in total. The number of hydrogen-bond donors (Lipinski definition) is 6. The largest absolute Gasteiger partial charge is 0.481 e. The van der Waals surface area contributed by atoms with E-state index < -0.39 is 48.5 Å². The lowest BCUT2D eigenvalue weighted by Crippen LogP contribution is -2.51. The van der Waals surface area contributed by atoms with Crippen molar-refractivity contribution >= 4 is 41.8 Å². The van der Waals surface area contributed by atoms with E-state index in [2.05, 4.69) is 16.0 Å². The van der Waals surface area contributed by atoms with Crippen LogP contribution < -0.4 is 16.0 Å². The van der Waals surface area contributed by atoms with Crippen molar-refractivity contribution in [3.8, 4) is 0 Å². The van der Waals surface area contributed by atoms with Gasteiger partial charge in [-0.1, -0.05) is 42.5 Å². The number of amides is 5. The zero-order chi connectivity index (χ0) is 31.4. The summed E-state index contributed by atoms with van der Waals surface area (Å²) in [6.45, 7) is 1.38. The highest BCUT2D eigenvalue weighted by atomic mass is 16.6. The maximum absolute atomic E-state index is 12.7. The highest BCUT2D eigenvalue weighted by molar-refractivity contribution is 5.89. The lowest BCUT2D eigenvalue weighted by atomic mass is 10.1. The Balaban J connectivity index is 1.45. The molecule has 0 bridgehead atoms. The standard InChI is InChI=1S/C28H33N5O10/c34-23(35)11-10-21(24(36)37)30-26(40)31-22(25(38)39)16-18-6-8-20(9-7-18)29-27(41)32-12-14-33(15-13-32)28(42)43-17-19-4-2-1-3-5-19/h1-9,21-22H,10-17H2,(H,29,41)(H,34,35)(H,36,37)(H,38,39)(H2,30,31,40). The summed E-state index contributed by atoms with van der Waals surface area (Å²) in [5.41, 5.74) is 1.83. The molecule has 15 heteroatoms. The van der Waals surface area contributed by atoms with Crippen molar-refractivity contribution in [3.05, 3.63) is 65.7 Å². The number of nitrogens with one attached hydrogen (secondary N) is 3. The molecule has 15 nitrogen and oxygen atoms in total. The van der Waals surface area contributed by atoms with Crippen LogP contribution in [0.5, 0.6) is 0 Å². The first-order chi connectivity index (χ1) is 20.5. The summed E-state index contributed by atoms with van der Waals surface area (Å²) in [6, 6.07) is 11.2. The van der Waals surface area contributed by atoms with E-state index >= 15 is 0 Å². The Bertz CT molecular complexity index is 1300. The molecule has 2 unspecified atom stereocenters. The molecule has 2 aromatic carbocycles. The van der Waals surface area contributed by atoms with Crippen LogP contribution in [0.2, 0.25) is 0 Å². The quantitative estimate of drug-likeness (QED) is 0.208. The van der Waals surface area contributed by atoms with Crippen LogP contribution in [0.4, 0.5) is 20.1 Å². The van der Waals surface area contributed by atoms with Crippen LogP contribution in [0.15, 0.2) is 54.6 Å². The van der Waals surface area contributed by atoms with E-state index in [1.54, 1.807) is 29.2 Å². The monoisotopic (exact) mass is 599 g/mol. The minimum atomic E-state index is -1.51. The van der Waals surface area contributed by atoms with Gasteiger partial charge >= 0.3 is 36.1 Å². The van der Waals surface area contributed by atoms with Gasteiger partial charge in [0.25, 0.3) is 0 Å². The van der Waals surface area contributed by atoms with Crippen LogP contribution in [0.3, 0.4) is 0 Å². The second kappa shape index (κ2) is 15.6. The number of hydrogen-bond acceptors (Lipinski definition) is 7. The highest BCUT2D eigenvalue weighted by Gasteiger charge is 2.27. The zero-order valence-electron chi connectivity index (χ0n) is 23.1. The smallest absolute Gasteiger partial charge is 0.410 e. The molecular weight excluding hydrogens is 566 g/mol. The lowest BCUT2D eigenvalue weighted by Gasteiger charge is -2.34. The maximum Gasteiger partial charge on any atom is 0.410 e. The van der Waals surface area contributed by atoms with Gasteiger partial charge in [0.15, 0.2) is 0 Å². The molecular formula is C28H33N5O10. The van der Waals surface area contributed by atoms with Crippen molar-refractivity contribution in [1.82, 2.24) is 20.4 Å². The third-order valence-corrected chi connectivity index (χ3v) is 6.53. The summed E-state index contributed by atoms with van der Waals surface area (Å²) >= 11 is 0. The molecule has 5 amide bonds. The third-order valence-electron chi connectivity index (χ3n) is 6.53. The summed E-state index contributed by atoms with van der Waals surface area (Å²) in [7, 11) is 0. The van der Waals surface area contributed by atoms with Crippen molar-refractivity contribution in [1.29, 1.82) is 0 Å². The first kappa shape index (κ1) is 32.2. The van der Waals surface area contributed by atoms with E-state index in [4.69, 9.17) is 14.9 Å². The number of benzene rings is 2. The second-order valence-corrected chi connectivity index (χ2v) is 9.68. The number of nitrogens with zero attached hydrogens (tertiary/aromatic N) is 2. The van der Waals surface area contributed by atoms with Gasteiger partial charge in [0, 0.05) is 44.7 Å². The Labute approximate surface area is 246 Å². The summed E-state index contributed by atoms with van der Waals surface area (Å²) in [4.78, 5) is 74.0. The molecule has 0 aliphatic carbocycles. The van der Waals surface area contributed by atoms with E-state index in [1.165, 1.54) is 4.90 Å². The van der Waals surface area contributed by atoms with E-state index in [1.807, 2.05) is 30.3 Å². The van der Waals surface area contributed by atoms with Crippen LogP contribution in [-0.4, -0.2) is 99.4 Å². The van der Waals surface area contributed by atoms with Gasteiger partial charge in [-0.25, -0.2) is 24.0 Å². The zero-order valence-corrected chi connectivity index (χ0v) is 23.1. The van der Waals surface area contributed by atoms with Crippen molar-refractivity contribution in [2.75, 3.05) is 31.5 Å². The van der Waals surface area contributed by atoms with E-state index in [0.29, 0.717) is 37.4 Å². The molecule has 1 saturated heterocycles. The molecule has 1 aliphatic heterocycles. The maximum atomic E-state index is 12.7. The fourth-order valence-electron chi connectivity index (χ4n) is 4.15. The minimum absolute atomic E-state index is 0.147. The van der Waals surface area contributed by atoms with Gasteiger partial charge in [0.1, 0.15) is 18.7 Å². The summed E-state index contributed by atoms with van der Waals surface area (Å²) in [6.07, 6.45) is -1.47. The lowest BCUT2D eigenvalue weighted by molar-refractivity contribution is -0.140. The van der Waals surface area contributed by atoms with Gasteiger partial charge in [-0.3, -0.25) is 4.79 Å². The summed E-state index contributed by atoms with van der Waals surface area (Å²) in [5.74, 6) is -4.06. The van der Waals surface area contributed by atoms with Gasteiger partial charge in [0.2, 0.25) is 0 Å². The summed E-state index contributed by atoms with van der Waals surface area (Å²) in [5, 5.41) is 34.4. The molecule has 230 valence electrons. The van der Waals surface area contributed by atoms with E-state index in [0.717, 1.165) is 5.56 Å². The number of aliphatic carboxylic acids is 3. The van der Waals surface area contributed by atoms with Crippen LogP contribution in [0.25, 0.3) is 0 Å². The molecule has 2 aromatic rings. The first-order valence-electron chi connectivity index (χ1n) is 13.4. The third kappa shape index (κ3) is 10.5. The van der Waals surface area contributed by atoms with Crippen molar-refractivity contribution in [2.24, 2.45) is 0 Å². The molecule has 3 rings (SSSR count). The van der Waals surface area contributed by atoms with Gasteiger partial charge < -0.3 is 45.8 Å². The summed E-state index contributed by atoms with van der Waals surface area (Å²) < 4.78 is 5.34. The van der Waals surface area contributed by atoms with Gasteiger partial charge in [0.05, 0.1) is 0 Å². The number of carboxylic acids is 3. The number of carboxylic acid groups (broad SMARTS) is 3. The molecule has 43 heavy (non-hydrogen) atoms. The minimum Gasteiger partial charge on any atom is -0.481 e.